The van der Waals surface area contributed by atoms with Crippen LogP contribution in [0.3, 0.4) is 0 Å². The first-order valence-corrected chi connectivity index (χ1v) is 8.98. The first kappa shape index (κ1) is 23.2. The summed E-state index contributed by atoms with van der Waals surface area (Å²) in [5, 5.41) is 14.2. The lowest BCUT2D eigenvalue weighted by Gasteiger charge is -2.29. The second-order valence-corrected chi connectivity index (χ2v) is 8.18. The molecule has 1 rings (SSSR count). The van der Waals surface area contributed by atoms with Crippen LogP contribution < -0.4 is 5.32 Å². The molecule has 0 aromatic heterocycles. The molecule has 9 heteroatoms. The van der Waals surface area contributed by atoms with Crippen LogP contribution in [0.15, 0.2) is 18.2 Å². The van der Waals surface area contributed by atoms with E-state index < -0.39 is 28.3 Å². The number of carbonyl (C=O) groups is 2. The number of hydrogen-bond acceptors (Lipinski definition) is 7. The van der Waals surface area contributed by atoms with Crippen molar-refractivity contribution in [3.63, 3.8) is 0 Å². The SMILES string of the molecule is CCNc1ccc([N+](=O)[O-])cc1CN(C(=O)OC(C)(C)C)C(=O)OC(C)(C)C. The predicted octanol–water partition coefficient (Wildman–Crippen LogP) is 4.70. The molecule has 0 saturated carbocycles. The lowest BCUT2D eigenvalue weighted by Crippen LogP contribution is -2.43. The highest BCUT2D eigenvalue weighted by atomic mass is 16.6. The average molecular weight is 395 g/mol. The molecule has 0 aliphatic heterocycles. The van der Waals surface area contributed by atoms with Gasteiger partial charge in [-0.2, -0.15) is 0 Å². The van der Waals surface area contributed by atoms with E-state index in [0.717, 1.165) is 4.90 Å². The van der Waals surface area contributed by atoms with Gasteiger partial charge in [0.25, 0.3) is 5.69 Å². The van der Waals surface area contributed by atoms with Gasteiger partial charge in [0.2, 0.25) is 0 Å². The molecule has 2 amide bonds. The van der Waals surface area contributed by atoms with E-state index in [4.69, 9.17) is 9.47 Å². The summed E-state index contributed by atoms with van der Waals surface area (Å²) < 4.78 is 10.6. The summed E-state index contributed by atoms with van der Waals surface area (Å²) in [6.45, 7) is 12.2. The van der Waals surface area contributed by atoms with Gasteiger partial charge in [-0.25, -0.2) is 14.5 Å². The number of amides is 2. The van der Waals surface area contributed by atoms with Gasteiger partial charge in [-0.3, -0.25) is 10.1 Å². The predicted molar refractivity (Wildman–Crippen MR) is 105 cm³/mol. The number of ether oxygens (including phenoxy) is 2. The molecule has 0 aliphatic rings. The van der Waals surface area contributed by atoms with E-state index >= 15 is 0 Å². The number of hydrogen-bond donors (Lipinski definition) is 1. The summed E-state index contributed by atoms with van der Waals surface area (Å²) in [5.74, 6) is 0. The first-order valence-electron chi connectivity index (χ1n) is 8.98. The van der Waals surface area contributed by atoms with Crippen molar-refractivity contribution in [2.24, 2.45) is 0 Å². The van der Waals surface area contributed by atoms with E-state index in [1.165, 1.54) is 12.1 Å². The Balaban J connectivity index is 3.31. The molecule has 0 radical (unpaired) electrons. The van der Waals surface area contributed by atoms with E-state index in [1.54, 1.807) is 47.6 Å². The Hall–Kier alpha value is -2.84. The molecule has 0 spiro atoms. The number of anilines is 1. The van der Waals surface area contributed by atoms with E-state index in [0.29, 0.717) is 17.8 Å². The third-order valence-corrected chi connectivity index (χ3v) is 3.22. The minimum atomic E-state index is -0.893. The van der Waals surface area contributed by atoms with E-state index in [2.05, 4.69) is 5.32 Å². The molecule has 0 saturated heterocycles. The van der Waals surface area contributed by atoms with Gasteiger partial charge in [-0.1, -0.05) is 0 Å². The Kier molecular flexibility index (Phi) is 7.37. The lowest BCUT2D eigenvalue weighted by molar-refractivity contribution is -0.384. The van der Waals surface area contributed by atoms with E-state index in [1.807, 2.05) is 6.92 Å². The molecule has 9 nitrogen and oxygen atoms in total. The van der Waals surface area contributed by atoms with Gasteiger partial charge in [0.05, 0.1) is 11.5 Å². The molecule has 0 fully saturated rings. The van der Waals surface area contributed by atoms with Gasteiger partial charge in [0.15, 0.2) is 0 Å². The van der Waals surface area contributed by atoms with Gasteiger partial charge in [0, 0.05) is 29.9 Å². The molecule has 1 aromatic rings. The van der Waals surface area contributed by atoms with Crippen LogP contribution in [0.25, 0.3) is 0 Å². The van der Waals surface area contributed by atoms with Gasteiger partial charge in [-0.05, 0) is 54.5 Å². The summed E-state index contributed by atoms with van der Waals surface area (Å²) in [6.07, 6.45) is -1.79. The fraction of sp³-hybridized carbons (Fsp3) is 0.579. The Labute approximate surface area is 165 Å². The topological polar surface area (TPSA) is 111 Å². The van der Waals surface area contributed by atoms with Gasteiger partial charge in [0.1, 0.15) is 11.2 Å². The minimum Gasteiger partial charge on any atom is -0.443 e. The van der Waals surface area contributed by atoms with Crippen LogP contribution in [0.1, 0.15) is 54.0 Å². The van der Waals surface area contributed by atoms with Crippen LogP contribution in [0, 0.1) is 10.1 Å². The van der Waals surface area contributed by atoms with Crippen molar-refractivity contribution in [2.75, 3.05) is 11.9 Å². The van der Waals surface area contributed by atoms with Crippen molar-refractivity contribution >= 4 is 23.6 Å². The summed E-state index contributed by atoms with van der Waals surface area (Å²) in [5.41, 5.74) is -0.835. The number of benzene rings is 1. The van der Waals surface area contributed by atoms with Crippen molar-refractivity contribution in [1.29, 1.82) is 0 Å². The average Bonchev–Trinajstić information content (AvgIpc) is 2.50. The molecule has 1 N–H and O–H groups in total. The van der Waals surface area contributed by atoms with Crippen molar-refractivity contribution in [2.45, 2.75) is 66.2 Å². The number of nitro benzene ring substituents is 1. The number of nitro groups is 1. The van der Waals surface area contributed by atoms with Crippen LogP contribution in [-0.4, -0.2) is 39.8 Å². The maximum Gasteiger partial charge on any atom is 0.420 e. The van der Waals surface area contributed by atoms with Crippen molar-refractivity contribution < 1.29 is 24.0 Å². The second-order valence-electron chi connectivity index (χ2n) is 8.18. The van der Waals surface area contributed by atoms with Crippen LogP contribution in [-0.2, 0) is 16.0 Å². The number of carbonyl (C=O) groups excluding carboxylic acids is 2. The molecule has 28 heavy (non-hydrogen) atoms. The largest absolute Gasteiger partial charge is 0.443 e. The Bertz CT molecular complexity index is 706. The van der Waals surface area contributed by atoms with Crippen LogP contribution >= 0.6 is 0 Å². The van der Waals surface area contributed by atoms with Gasteiger partial charge < -0.3 is 14.8 Å². The zero-order chi connectivity index (χ0) is 21.7. The molecule has 0 aliphatic carbocycles. The highest BCUT2D eigenvalue weighted by Crippen LogP contribution is 2.25. The molecular weight excluding hydrogens is 366 g/mol. The number of rotatable bonds is 5. The van der Waals surface area contributed by atoms with Crippen LogP contribution in [0.5, 0.6) is 0 Å². The Morgan fingerprint density at radius 2 is 1.57 bits per heavy atom. The second kappa shape index (κ2) is 8.90. The molecular formula is C19H29N3O6. The van der Waals surface area contributed by atoms with Gasteiger partial charge in [-0.15, -0.1) is 0 Å². The Morgan fingerprint density at radius 3 is 1.96 bits per heavy atom. The van der Waals surface area contributed by atoms with Crippen molar-refractivity contribution in [3.05, 3.63) is 33.9 Å². The molecule has 0 heterocycles. The smallest absolute Gasteiger partial charge is 0.420 e. The number of imide groups is 1. The Morgan fingerprint density at radius 1 is 1.07 bits per heavy atom. The molecule has 1 aromatic carbocycles. The highest BCUT2D eigenvalue weighted by Gasteiger charge is 2.32. The molecule has 156 valence electrons. The number of nitrogens with zero attached hydrogens (tertiary/aromatic N) is 2. The zero-order valence-electron chi connectivity index (χ0n) is 17.5. The van der Waals surface area contributed by atoms with Crippen molar-refractivity contribution in [1.82, 2.24) is 4.90 Å². The standard InChI is InChI=1S/C19H29N3O6/c1-8-20-15-10-9-14(22(25)26)11-13(15)12-21(16(23)27-18(2,3)4)17(24)28-19(5,6)7/h9-11,20H,8,12H2,1-7H3. The third-order valence-electron chi connectivity index (χ3n) is 3.22. The normalized spacial score (nSPS) is 11.5. The third kappa shape index (κ3) is 7.42. The fourth-order valence-electron chi connectivity index (χ4n) is 2.20. The highest BCUT2D eigenvalue weighted by molar-refractivity contribution is 5.88. The maximum absolute atomic E-state index is 12.6. The summed E-state index contributed by atoms with van der Waals surface area (Å²) in [4.78, 5) is 36.7. The quantitative estimate of drug-likeness (QED) is 0.568. The fourth-order valence-corrected chi connectivity index (χ4v) is 2.20. The summed E-state index contributed by atoms with van der Waals surface area (Å²) in [6, 6.07) is 4.21. The van der Waals surface area contributed by atoms with E-state index in [-0.39, 0.29) is 12.2 Å². The van der Waals surface area contributed by atoms with Crippen LogP contribution in [0.4, 0.5) is 21.0 Å². The number of non-ortho nitro benzene ring substituents is 1. The monoisotopic (exact) mass is 395 g/mol. The zero-order valence-corrected chi connectivity index (χ0v) is 17.5. The molecule has 0 unspecified atom stereocenters. The first-order chi connectivity index (χ1) is 12.7. The van der Waals surface area contributed by atoms with Crippen LogP contribution in [0.2, 0.25) is 0 Å². The lowest BCUT2D eigenvalue weighted by atomic mass is 10.1. The summed E-state index contributed by atoms with van der Waals surface area (Å²) in [7, 11) is 0. The van der Waals surface area contributed by atoms with Crippen molar-refractivity contribution in [3.8, 4) is 0 Å². The minimum absolute atomic E-state index is 0.148. The number of nitrogens with one attached hydrogen (secondary N) is 1. The summed E-state index contributed by atoms with van der Waals surface area (Å²) >= 11 is 0. The van der Waals surface area contributed by atoms with E-state index in [9.17, 15) is 19.7 Å². The molecule has 0 bridgehead atoms. The molecule has 0 atom stereocenters. The van der Waals surface area contributed by atoms with Gasteiger partial charge >= 0.3 is 12.2 Å². The maximum atomic E-state index is 12.6.